The van der Waals surface area contributed by atoms with Gasteiger partial charge in [-0.25, -0.2) is 9.59 Å². The number of carbonyl (C=O) groups excluding carboxylic acids is 2. The van der Waals surface area contributed by atoms with Crippen LogP contribution in [0.4, 0.5) is 4.79 Å². The van der Waals surface area contributed by atoms with Crippen molar-refractivity contribution in [1.29, 1.82) is 0 Å². The molecule has 0 aromatic heterocycles. The van der Waals surface area contributed by atoms with E-state index < -0.39 is 31.1 Å². The summed E-state index contributed by atoms with van der Waals surface area (Å²) in [6, 6.07) is -0.537. The van der Waals surface area contributed by atoms with Crippen molar-refractivity contribution in [1.82, 2.24) is 10.6 Å². The molecule has 0 aromatic carbocycles. The minimum atomic E-state index is -1.16. The Morgan fingerprint density at radius 1 is 1.33 bits per heavy atom. The van der Waals surface area contributed by atoms with Gasteiger partial charge in [0.15, 0.2) is 0 Å². The molecule has 0 spiro atoms. The van der Waals surface area contributed by atoms with Gasteiger partial charge in [0.05, 0.1) is 0 Å². The highest BCUT2D eigenvalue weighted by Crippen LogP contribution is 2.29. The molecule has 102 valence electrons. The summed E-state index contributed by atoms with van der Waals surface area (Å²) in [7, 11) is 0. The van der Waals surface area contributed by atoms with E-state index >= 15 is 0 Å². The zero-order valence-corrected chi connectivity index (χ0v) is 10.3. The number of carbonyl (C=O) groups is 3. The van der Waals surface area contributed by atoms with Crippen molar-refractivity contribution in [2.24, 2.45) is 5.92 Å². The zero-order chi connectivity index (χ0) is 13.5. The van der Waals surface area contributed by atoms with Crippen molar-refractivity contribution < 1.29 is 24.2 Å². The van der Waals surface area contributed by atoms with Crippen molar-refractivity contribution in [3.63, 3.8) is 0 Å². The Balaban J connectivity index is 2.14. The molecule has 0 aromatic rings. The van der Waals surface area contributed by atoms with Crippen LogP contribution >= 0.6 is 0 Å². The van der Waals surface area contributed by atoms with Crippen LogP contribution in [0.2, 0.25) is 0 Å². The molecule has 3 N–H and O–H groups in total. The Morgan fingerprint density at radius 2 is 2.00 bits per heavy atom. The smallest absolute Gasteiger partial charge is 0.329 e. The monoisotopic (exact) mass is 258 g/mol. The second-order valence-electron chi connectivity index (χ2n) is 4.39. The average molecular weight is 258 g/mol. The number of amides is 3. The van der Waals surface area contributed by atoms with Crippen LogP contribution in [0.5, 0.6) is 0 Å². The first-order chi connectivity index (χ1) is 8.49. The van der Waals surface area contributed by atoms with Crippen LogP contribution in [0.3, 0.4) is 0 Å². The van der Waals surface area contributed by atoms with E-state index in [4.69, 9.17) is 5.11 Å². The largest absolute Gasteiger partial charge is 0.480 e. The molecule has 1 atom stereocenters. The second kappa shape index (κ2) is 6.95. The first kappa shape index (κ1) is 14.4. The number of ether oxygens (including phenoxy) is 1. The molecule has 0 saturated heterocycles. The van der Waals surface area contributed by atoms with Gasteiger partial charge in [-0.2, -0.15) is 0 Å². The molecule has 0 aliphatic heterocycles. The second-order valence-corrected chi connectivity index (χ2v) is 4.39. The maximum atomic E-state index is 11.4. The van der Waals surface area contributed by atoms with Crippen LogP contribution in [0.1, 0.15) is 26.2 Å². The van der Waals surface area contributed by atoms with Gasteiger partial charge in [-0.05, 0) is 25.7 Å². The van der Waals surface area contributed by atoms with E-state index in [2.05, 4.69) is 15.4 Å². The van der Waals surface area contributed by atoms with Gasteiger partial charge in [-0.3, -0.25) is 10.1 Å². The van der Waals surface area contributed by atoms with E-state index in [9.17, 15) is 14.4 Å². The number of hydrogen-bond donors (Lipinski definition) is 3. The minimum absolute atomic E-state index is 0.0338. The third-order valence-electron chi connectivity index (χ3n) is 2.93. The molecule has 7 heteroatoms. The normalized spacial score (nSPS) is 16.5. The molecule has 7 nitrogen and oxygen atoms in total. The van der Waals surface area contributed by atoms with Gasteiger partial charge in [0.2, 0.25) is 0 Å². The van der Waals surface area contributed by atoms with Gasteiger partial charge in [0.25, 0.3) is 5.91 Å². The fraction of sp³-hybridized carbons (Fsp3) is 0.727. The number of rotatable bonds is 6. The summed E-state index contributed by atoms with van der Waals surface area (Å²) in [4.78, 5) is 32.7. The van der Waals surface area contributed by atoms with Crippen molar-refractivity contribution in [2.45, 2.75) is 32.2 Å². The first-order valence-electron chi connectivity index (χ1n) is 5.89. The molecule has 1 rings (SSSR count). The van der Waals surface area contributed by atoms with Crippen LogP contribution in [0.15, 0.2) is 0 Å². The molecular weight excluding hydrogens is 240 g/mol. The predicted octanol–water partition coefficient (Wildman–Crippen LogP) is 0.102. The van der Waals surface area contributed by atoms with Crippen molar-refractivity contribution in [3.05, 3.63) is 0 Å². The molecule has 0 radical (unpaired) electrons. The van der Waals surface area contributed by atoms with Crippen molar-refractivity contribution >= 4 is 17.9 Å². The number of hydrogen-bond acceptors (Lipinski definition) is 4. The molecule has 0 bridgehead atoms. The number of nitrogens with one attached hydrogen (secondary N) is 2. The lowest BCUT2D eigenvalue weighted by molar-refractivity contribution is -0.143. The fourth-order valence-corrected chi connectivity index (χ4v) is 1.69. The van der Waals surface area contributed by atoms with E-state index in [1.165, 1.54) is 6.42 Å². The third-order valence-corrected chi connectivity index (χ3v) is 2.93. The lowest BCUT2D eigenvalue weighted by Gasteiger charge is -2.31. The highest BCUT2D eigenvalue weighted by molar-refractivity contribution is 5.95. The summed E-state index contributed by atoms with van der Waals surface area (Å²) < 4.78 is 4.55. The van der Waals surface area contributed by atoms with Gasteiger partial charge in [-0.1, -0.05) is 6.42 Å². The predicted molar refractivity (Wildman–Crippen MR) is 61.9 cm³/mol. The topological polar surface area (TPSA) is 105 Å². The Hall–Kier alpha value is -1.63. The molecule has 1 unspecified atom stereocenters. The first-order valence-corrected chi connectivity index (χ1v) is 5.89. The summed E-state index contributed by atoms with van der Waals surface area (Å²) in [6.45, 7) is 0.889. The Morgan fingerprint density at radius 3 is 2.50 bits per heavy atom. The van der Waals surface area contributed by atoms with Gasteiger partial charge < -0.3 is 15.2 Å². The van der Waals surface area contributed by atoms with E-state index in [1.807, 2.05) is 6.92 Å². The van der Waals surface area contributed by atoms with Gasteiger partial charge in [-0.15, -0.1) is 0 Å². The number of imide groups is 1. The summed E-state index contributed by atoms with van der Waals surface area (Å²) >= 11 is 0. The molecular formula is C11H18N2O5. The standard InChI is InChI=1S/C11H18N2O5/c1-7(8-3-2-4-8)12-11(17)13-9(14)5-18-6-10(15)16/h7-8H,2-6H2,1H3,(H,15,16)(H2,12,13,14,17). The number of carboxylic acids is 1. The van der Waals surface area contributed by atoms with E-state index in [-0.39, 0.29) is 6.04 Å². The van der Waals surface area contributed by atoms with Gasteiger partial charge in [0.1, 0.15) is 13.2 Å². The molecule has 3 amide bonds. The fourth-order valence-electron chi connectivity index (χ4n) is 1.69. The summed E-state index contributed by atoms with van der Waals surface area (Å²) in [5.41, 5.74) is 0. The molecule has 1 fully saturated rings. The van der Waals surface area contributed by atoms with Crippen LogP contribution in [-0.2, 0) is 14.3 Å². The number of aliphatic carboxylic acids is 1. The van der Waals surface area contributed by atoms with Gasteiger partial charge >= 0.3 is 12.0 Å². The highest BCUT2D eigenvalue weighted by Gasteiger charge is 2.25. The van der Waals surface area contributed by atoms with Crippen LogP contribution in [-0.4, -0.2) is 42.3 Å². The summed E-state index contributed by atoms with van der Waals surface area (Å²) in [6.07, 6.45) is 3.37. The van der Waals surface area contributed by atoms with Crippen LogP contribution < -0.4 is 10.6 Å². The average Bonchev–Trinajstić information content (AvgIpc) is 2.12. The van der Waals surface area contributed by atoms with E-state index in [0.717, 1.165) is 12.8 Å². The van der Waals surface area contributed by atoms with Crippen molar-refractivity contribution in [3.8, 4) is 0 Å². The third kappa shape index (κ3) is 5.13. The zero-order valence-electron chi connectivity index (χ0n) is 10.3. The van der Waals surface area contributed by atoms with E-state index in [1.54, 1.807) is 0 Å². The number of carboxylic acid groups (broad SMARTS) is 1. The van der Waals surface area contributed by atoms with Crippen LogP contribution in [0.25, 0.3) is 0 Å². The Kier molecular flexibility index (Phi) is 5.57. The Bertz CT molecular complexity index is 327. The lowest BCUT2D eigenvalue weighted by atomic mass is 9.80. The van der Waals surface area contributed by atoms with Crippen LogP contribution in [0, 0.1) is 5.92 Å². The molecule has 1 aliphatic carbocycles. The van der Waals surface area contributed by atoms with Gasteiger partial charge in [0, 0.05) is 6.04 Å². The maximum Gasteiger partial charge on any atom is 0.329 e. The van der Waals surface area contributed by atoms with E-state index in [0.29, 0.717) is 5.92 Å². The summed E-state index contributed by atoms with van der Waals surface area (Å²) in [5.74, 6) is -1.34. The highest BCUT2D eigenvalue weighted by atomic mass is 16.5. The molecule has 1 aliphatic rings. The molecule has 0 heterocycles. The Labute approximate surface area is 105 Å². The minimum Gasteiger partial charge on any atom is -0.480 e. The quantitative estimate of drug-likeness (QED) is 0.626. The van der Waals surface area contributed by atoms with Crippen molar-refractivity contribution in [2.75, 3.05) is 13.2 Å². The lowest BCUT2D eigenvalue weighted by Crippen LogP contribution is -2.48. The molecule has 1 saturated carbocycles. The molecule has 18 heavy (non-hydrogen) atoms. The maximum absolute atomic E-state index is 11.4. The SMILES string of the molecule is CC(NC(=O)NC(=O)COCC(=O)O)C1CCC1. The number of urea groups is 1. The summed E-state index contributed by atoms with van der Waals surface area (Å²) in [5, 5.41) is 13.0.